The number of amides is 2. The second-order valence-electron chi connectivity index (χ2n) is 5.81. The molecule has 0 aliphatic heterocycles. The third kappa shape index (κ3) is 8.66. The minimum Gasteiger partial charge on any atom is -0.444 e. The van der Waals surface area contributed by atoms with Crippen LogP contribution in [0.5, 0.6) is 0 Å². The fourth-order valence-electron chi connectivity index (χ4n) is 1.56. The predicted molar refractivity (Wildman–Crippen MR) is 86.7 cm³/mol. The molecule has 9 heteroatoms. The lowest BCUT2D eigenvalue weighted by molar-refractivity contribution is -0.117. The number of thioether (sulfide) groups is 1. The highest BCUT2D eigenvalue weighted by Crippen LogP contribution is 2.30. The molecule has 24 heavy (non-hydrogen) atoms. The van der Waals surface area contributed by atoms with Crippen LogP contribution in [-0.2, 0) is 9.53 Å². The molecule has 1 aromatic carbocycles. The van der Waals surface area contributed by atoms with E-state index < -0.39 is 46.7 Å². The van der Waals surface area contributed by atoms with Gasteiger partial charge in [0.05, 0.1) is 0 Å². The van der Waals surface area contributed by atoms with Gasteiger partial charge in [-0.3, -0.25) is 4.79 Å². The molecule has 0 saturated carbocycles. The fourth-order valence-corrected chi connectivity index (χ4v) is 2.15. The number of anilines is 1. The van der Waals surface area contributed by atoms with Gasteiger partial charge in [-0.15, -0.1) is 0 Å². The zero-order valence-corrected chi connectivity index (χ0v) is 14.3. The maximum Gasteiger partial charge on any atom is 0.441 e. The van der Waals surface area contributed by atoms with Crippen LogP contribution in [0.1, 0.15) is 20.8 Å². The molecule has 134 valence electrons. The molecule has 0 aliphatic rings. The van der Waals surface area contributed by atoms with Crippen LogP contribution in [0, 0.1) is 0 Å². The second kappa shape index (κ2) is 8.27. The molecule has 1 rings (SSSR count). The number of alkyl carbamates (subject to hydrolysis) is 1. The molecule has 0 heterocycles. The van der Waals surface area contributed by atoms with E-state index in [0.717, 1.165) is 0 Å². The van der Waals surface area contributed by atoms with E-state index in [-0.39, 0.29) is 0 Å². The van der Waals surface area contributed by atoms with Gasteiger partial charge >= 0.3 is 11.6 Å². The third-order valence-electron chi connectivity index (χ3n) is 2.46. The standard InChI is InChI=1S/C15H19F3N2O3S/c1-14(2,3)23-13(22)20-11(9-24-15(16,17)18)12(21)19-10-7-5-4-6-8-10/h4-8,11H,9H2,1-3H3,(H,19,21)(H,20,22). The second-order valence-corrected chi connectivity index (χ2v) is 6.90. The van der Waals surface area contributed by atoms with E-state index in [1.165, 1.54) is 0 Å². The van der Waals surface area contributed by atoms with Crippen LogP contribution in [0.15, 0.2) is 30.3 Å². The molecule has 1 aromatic rings. The van der Waals surface area contributed by atoms with E-state index in [2.05, 4.69) is 10.6 Å². The van der Waals surface area contributed by atoms with Gasteiger partial charge in [0, 0.05) is 11.4 Å². The molecule has 5 nitrogen and oxygen atoms in total. The first kappa shape index (κ1) is 20.1. The fraction of sp³-hybridized carbons (Fsp3) is 0.467. The summed E-state index contributed by atoms with van der Waals surface area (Å²) in [4.78, 5) is 23.9. The summed E-state index contributed by atoms with van der Waals surface area (Å²) in [5.74, 6) is -1.43. The largest absolute Gasteiger partial charge is 0.444 e. The van der Waals surface area contributed by atoms with E-state index in [1.807, 2.05) is 0 Å². The van der Waals surface area contributed by atoms with Crippen molar-refractivity contribution in [3.63, 3.8) is 0 Å². The van der Waals surface area contributed by atoms with Gasteiger partial charge in [0.15, 0.2) is 0 Å². The zero-order valence-electron chi connectivity index (χ0n) is 13.4. The first-order chi connectivity index (χ1) is 11.0. The van der Waals surface area contributed by atoms with Gasteiger partial charge in [0.2, 0.25) is 5.91 Å². The first-order valence-electron chi connectivity index (χ1n) is 7.02. The van der Waals surface area contributed by atoms with Crippen molar-refractivity contribution >= 4 is 29.4 Å². The molecular formula is C15H19F3N2O3S. The number of carbonyl (C=O) groups excluding carboxylic acids is 2. The molecular weight excluding hydrogens is 345 g/mol. The average Bonchev–Trinajstić information content (AvgIpc) is 2.41. The van der Waals surface area contributed by atoms with Gasteiger partial charge in [-0.25, -0.2) is 4.79 Å². The summed E-state index contributed by atoms with van der Waals surface area (Å²) in [6, 6.07) is 6.82. The highest BCUT2D eigenvalue weighted by atomic mass is 32.2. The Morgan fingerprint density at radius 3 is 2.25 bits per heavy atom. The van der Waals surface area contributed by atoms with Crippen LogP contribution >= 0.6 is 11.8 Å². The van der Waals surface area contributed by atoms with Crippen molar-refractivity contribution < 1.29 is 27.5 Å². The van der Waals surface area contributed by atoms with Crippen LogP contribution in [-0.4, -0.2) is 34.9 Å². The zero-order chi connectivity index (χ0) is 18.4. The third-order valence-corrected chi connectivity index (χ3v) is 3.29. The molecule has 0 aromatic heterocycles. The van der Waals surface area contributed by atoms with Crippen molar-refractivity contribution in [2.75, 3.05) is 11.1 Å². The molecule has 2 amide bonds. The molecule has 0 saturated heterocycles. The van der Waals surface area contributed by atoms with Crippen LogP contribution in [0.2, 0.25) is 0 Å². The Morgan fingerprint density at radius 2 is 1.75 bits per heavy atom. The highest BCUT2D eigenvalue weighted by molar-refractivity contribution is 8.00. The van der Waals surface area contributed by atoms with Crippen molar-refractivity contribution in [1.82, 2.24) is 5.32 Å². The van der Waals surface area contributed by atoms with Crippen LogP contribution < -0.4 is 10.6 Å². The van der Waals surface area contributed by atoms with Gasteiger partial charge in [0.1, 0.15) is 11.6 Å². The number of hydrogen-bond acceptors (Lipinski definition) is 4. The van der Waals surface area contributed by atoms with Gasteiger partial charge in [0.25, 0.3) is 0 Å². The number of carbonyl (C=O) groups is 2. The van der Waals surface area contributed by atoms with Crippen molar-refractivity contribution in [3.8, 4) is 0 Å². The number of benzene rings is 1. The molecule has 1 unspecified atom stereocenters. The highest BCUT2D eigenvalue weighted by Gasteiger charge is 2.33. The predicted octanol–water partition coefficient (Wildman–Crippen LogP) is 3.77. The molecule has 0 bridgehead atoms. The summed E-state index contributed by atoms with van der Waals surface area (Å²) in [7, 11) is 0. The number of ether oxygens (including phenoxy) is 1. The van der Waals surface area contributed by atoms with Crippen molar-refractivity contribution in [3.05, 3.63) is 30.3 Å². The normalized spacial score (nSPS) is 13.1. The minimum absolute atomic E-state index is 0.391. The van der Waals surface area contributed by atoms with Crippen molar-refractivity contribution in [2.45, 2.75) is 37.9 Å². The van der Waals surface area contributed by atoms with E-state index in [0.29, 0.717) is 5.69 Å². The molecule has 0 aliphatic carbocycles. The summed E-state index contributed by atoms with van der Waals surface area (Å²) in [5, 5.41) is 4.63. The summed E-state index contributed by atoms with van der Waals surface area (Å²) in [6.07, 6.45) is -0.960. The molecule has 0 fully saturated rings. The Morgan fingerprint density at radius 1 is 1.17 bits per heavy atom. The number of hydrogen-bond donors (Lipinski definition) is 2. The minimum atomic E-state index is -4.51. The van der Waals surface area contributed by atoms with Crippen LogP contribution in [0.4, 0.5) is 23.7 Å². The lowest BCUT2D eigenvalue weighted by Gasteiger charge is -2.23. The topological polar surface area (TPSA) is 67.4 Å². The molecule has 0 spiro atoms. The van der Waals surface area contributed by atoms with Gasteiger partial charge in [-0.2, -0.15) is 13.2 Å². The number of para-hydroxylation sites is 1. The molecule has 0 radical (unpaired) electrons. The Kier molecular flexibility index (Phi) is 6.94. The summed E-state index contributed by atoms with van der Waals surface area (Å²) in [5.41, 5.74) is -4.93. The van der Waals surface area contributed by atoms with E-state index >= 15 is 0 Å². The molecule has 2 N–H and O–H groups in total. The lowest BCUT2D eigenvalue weighted by atomic mass is 10.2. The van der Waals surface area contributed by atoms with Crippen molar-refractivity contribution in [2.24, 2.45) is 0 Å². The van der Waals surface area contributed by atoms with E-state index in [9.17, 15) is 22.8 Å². The Hall–Kier alpha value is -1.90. The molecule has 1 atom stereocenters. The quantitative estimate of drug-likeness (QED) is 0.835. The lowest BCUT2D eigenvalue weighted by Crippen LogP contribution is -2.47. The Balaban J connectivity index is 2.76. The van der Waals surface area contributed by atoms with E-state index in [1.54, 1.807) is 51.1 Å². The van der Waals surface area contributed by atoms with Gasteiger partial charge in [-0.05, 0) is 44.7 Å². The summed E-state index contributed by atoms with van der Waals surface area (Å²) < 4.78 is 42.2. The number of halogens is 3. The number of alkyl halides is 3. The maximum atomic E-state index is 12.4. The van der Waals surface area contributed by atoms with E-state index in [4.69, 9.17) is 4.74 Å². The first-order valence-corrected chi connectivity index (χ1v) is 8.01. The smallest absolute Gasteiger partial charge is 0.441 e. The summed E-state index contributed by atoms with van der Waals surface area (Å²) in [6.45, 7) is 4.82. The average molecular weight is 364 g/mol. The Bertz CT molecular complexity index is 559. The van der Waals surface area contributed by atoms with Crippen LogP contribution in [0.25, 0.3) is 0 Å². The van der Waals surface area contributed by atoms with Gasteiger partial charge in [-0.1, -0.05) is 18.2 Å². The van der Waals surface area contributed by atoms with Crippen LogP contribution in [0.3, 0.4) is 0 Å². The number of rotatable bonds is 5. The Labute approximate surface area is 142 Å². The van der Waals surface area contributed by atoms with Crippen molar-refractivity contribution in [1.29, 1.82) is 0 Å². The monoisotopic (exact) mass is 364 g/mol. The summed E-state index contributed by atoms with van der Waals surface area (Å²) >= 11 is -0.391. The van der Waals surface area contributed by atoms with Gasteiger partial charge < -0.3 is 15.4 Å². The number of nitrogens with one attached hydrogen (secondary N) is 2. The SMILES string of the molecule is CC(C)(C)OC(=O)NC(CSC(F)(F)F)C(=O)Nc1ccccc1. The maximum absolute atomic E-state index is 12.4.